The van der Waals surface area contributed by atoms with Crippen molar-refractivity contribution < 1.29 is 19.4 Å². The van der Waals surface area contributed by atoms with Gasteiger partial charge in [-0.1, -0.05) is 54.6 Å². The Bertz CT molecular complexity index is 664. The molecule has 1 N–H and O–H groups in total. The van der Waals surface area contributed by atoms with Crippen LogP contribution in [0.5, 0.6) is 0 Å². The number of aliphatic hydroxyl groups is 1. The van der Waals surface area contributed by atoms with E-state index in [4.69, 9.17) is 4.74 Å². The van der Waals surface area contributed by atoms with E-state index in [1.54, 1.807) is 55.5 Å². The molecule has 0 saturated carbocycles. The molecule has 0 heterocycles. The third-order valence-corrected chi connectivity index (χ3v) is 3.61. The van der Waals surface area contributed by atoms with Gasteiger partial charge >= 0.3 is 5.97 Å². The average molecular weight is 298 g/mol. The number of carbonyl (C=O) groups excluding carboxylic acids is 2. The Morgan fingerprint density at radius 1 is 1.00 bits per heavy atom. The van der Waals surface area contributed by atoms with Gasteiger partial charge in [-0.3, -0.25) is 9.59 Å². The van der Waals surface area contributed by atoms with E-state index in [0.717, 1.165) is 0 Å². The largest absolute Gasteiger partial charge is 0.469 e. The van der Waals surface area contributed by atoms with E-state index in [1.807, 2.05) is 6.07 Å². The molecule has 2 aromatic rings. The van der Waals surface area contributed by atoms with Crippen LogP contribution in [0.3, 0.4) is 0 Å². The van der Waals surface area contributed by atoms with Gasteiger partial charge in [0.2, 0.25) is 0 Å². The number of carbonyl (C=O) groups is 2. The zero-order chi connectivity index (χ0) is 16.1. The van der Waals surface area contributed by atoms with Gasteiger partial charge in [-0.25, -0.2) is 0 Å². The van der Waals surface area contributed by atoms with Gasteiger partial charge in [-0.05, 0) is 18.1 Å². The highest BCUT2D eigenvalue weighted by Gasteiger charge is 2.26. The summed E-state index contributed by atoms with van der Waals surface area (Å²) in [5.74, 6) is -1.43. The van der Waals surface area contributed by atoms with Crippen LogP contribution in [0.2, 0.25) is 0 Å². The van der Waals surface area contributed by atoms with E-state index in [9.17, 15) is 14.7 Å². The van der Waals surface area contributed by atoms with Gasteiger partial charge in [0, 0.05) is 5.56 Å². The zero-order valence-electron chi connectivity index (χ0n) is 12.5. The number of aliphatic hydroxyl groups excluding tert-OH is 1. The summed E-state index contributed by atoms with van der Waals surface area (Å²) in [5.41, 5.74) is 1.40. The maximum atomic E-state index is 12.6. The number of hydrogen-bond donors (Lipinski definition) is 1. The van der Waals surface area contributed by atoms with Gasteiger partial charge in [0.05, 0.1) is 13.0 Å². The first-order valence-electron chi connectivity index (χ1n) is 7.00. The first-order valence-corrected chi connectivity index (χ1v) is 7.00. The second-order valence-electron chi connectivity index (χ2n) is 5.01. The van der Waals surface area contributed by atoms with Gasteiger partial charge in [-0.2, -0.15) is 0 Å². The smallest absolute Gasteiger partial charge is 0.312 e. The minimum atomic E-state index is -1.26. The Hall–Kier alpha value is -2.46. The highest BCUT2D eigenvalue weighted by atomic mass is 16.5. The fourth-order valence-electron chi connectivity index (χ4n) is 2.34. The SMILES string of the molecule is COC(=O)C(C)c1ccccc1C(=O)C(O)c1ccccc1. The second-order valence-corrected chi connectivity index (χ2v) is 5.01. The Kier molecular flexibility index (Phi) is 5.07. The van der Waals surface area contributed by atoms with Crippen molar-refractivity contribution in [1.29, 1.82) is 0 Å². The first-order chi connectivity index (χ1) is 10.6. The molecule has 0 spiro atoms. The lowest BCUT2D eigenvalue weighted by Gasteiger charge is -2.16. The summed E-state index contributed by atoms with van der Waals surface area (Å²) in [7, 11) is 1.31. The van der Waals surface area contributed by atoms with Crippen LogP contribution < -0.4 is 0 Å². The number of Topliss-reactive ketones (excluding diaryl/α,β-unsaturated/α-hetero) is 1. The number of rotatable bonds is 5. The van der Waals surface area contributed by atoms with Crippen LogP contribution in [0.15, 0.2) is 54.6 Å². The van der Waals surface area contributed by atoms with Gasteiger partial charge in [0.15, 0.2) is 5.78 Å². The third-order valence-electron chi connectivity index (χ3n) is 3.61. The molecule has 0 saturated heterocycles. The van der Waals surface area contributed by atoms with Crippen molar-refractivity contribution in [2.45, 2.75) is 18.9 Å². The molecule has 0 aliphatic heterocycles. The van der Waals surface area contributed by atoms with Gasteiger partial charge < -0.3 is 9.84 Å². The standard InChI is InChI=1S/C18H18O4/c1-12(18(21)22-2)14-10-6-7-11-15(14)17(20)16(19)13-8-4-3-5-9-13/h3-12,16,19H,1-2H3. The number of esters is 1. The fourth-order valence-corrected chi connectivity index (χ4v) is 2.34. The molecule has 22 heavy (non-hydrogen) atoms. The minimum Gasteiger partial charge on any atom is -0.469 e. The van der Waals surface area contributed by atoms with Crippen molar-refractivity contribution >= 4 is 11.8 Å². The summed E-state index contributed by atoms with van der Waals surface area (Å²) in [5, 5.41) is 10.3. The molecular formula is C18H18O4. The van der Waals surface area contributed by atoms with Gasteiger partial charge in [-0.15, -0.1) is 0 Å². The number of hydrogen-bond acceptors (Lipinski definition) is 4. The molecule has 0 bridgehead atoms. The van der Waals surface area contributed by atoms with Gasteiger partial charge in [0.1, 0.15) is 6.10 Å². The molecule has 2 rings (SSSR count). The summed E-state index contributed by atoms with van der Waals surface area (Å²) in [6, 6.07) is 15.5. The van der Waals surface area contributed by atoms with Crippen LogP contribution in [-0.4, -0.2) is 24.0 Å². The average Bonchev–Trinajstić information content (AvgIpc) is 2.59. The van der Waals surface area contributed by atoms with Crippen molar-refractivity contribution in [3.05, 3.63) is 71.3 Å². The van der Waals surface area contributed by atoms with Crippen LogP contribution in [-0.2, 0) is 9.53 Å². The van der Waals surface area contributed by atoms with E-state index >= 15 is 0 Å². The lowest BCUT2D eigenvalue weighted by atomic mass is 9.90. The summed E-state index contributed by atoms with van der Waals surface area (Å²) < 4.78 is 4.73. The maximum absolute atomic E-state index is 12.6. The summed E-state index contributed by atoms with van der Waals surface area (Å²) in [6.45, 7) is 1.67. The van der Waals surface area contributed by atoms with Crippen LogP contribution >= 0.6 is 0 Å². The number of methoxy groups -OCH3 is 1. The van der Waals surface area contributed by atoms with Crippen LogP contribution in [0.25, 0.3) is 0 Å². The normalized spacial score (nSPS) is 13.2. The predicted octanol–water partition coefficient (Wildman–Crippen LogP) is 2.88. The molecule has 0 aromatic heterocycles. The van der Waals surface area contributed by atoms with Crippen molar-refractivity contribution in [1.82, 2.24) is 0 Å². The van der Waals surface area contributed by atoms with Gasteiger partial charge in [0.25, 0.3) is 0 Å². The van der Waals surface area contributed by atoms with E-state index in [1.165, 1.54) is 7.11 Å². The maximum Gasteiger partial charge on any atom is 0.312 e. The van der Waals surface area contributed by atoms with Crippen molar-refractivity contribution in [3.8, 4) is 0 Å². The Morgan fingerprint density at radius 3 is 2.23 bits per heavy atom. The van der Waals surface area contributed by atoms with Crippen LogP contribution in [0.4, 0.5) is 0 Å². The van der Waals surface area contributed by atoms with E-state index < -0.39 is 23.8 Å². The quantitative estimate of drug-likeness (QED) is 0.681. The second kappa shape index (κ2) is 7.00. The van der Waals surface area contributed by atoms with E-state index in [2.05, 4.69) is 0 Å². The lowest BCUT2D eigenvalue weighted by Crippen LogP contribution is -2.18. The third kappa shape index (κ3) is 3.23. The Morgan fingerprint density at radius 2 is 1.59 bits per heavy atom. The summed E-state index contributed by atoms with van der Waals surface area (Å²) in [6.07, 6.45) is -1.26. The highest BCUT2D eigenvalue weighted by Crippen LogP contribution is 2.26. The molecule has 2 aromatic carbocycles. The number of benzene rings is 2. The molecule has 0 amide bonds. The molecule has 4 nitrogen and oxygen atoms in total. The molecule has 2 unspecified atom stereocenters. The molecule has 4 heteroatoms. The fraction of sp³-hybridized carbons (Fsp3) is 0.222. The molecule has 0 aliphatic rings. The molecule has 0 aliphatic carbocycles. The Balaban J connectivity index is 2.36. The Labute approximate surface area is 129 Å². The zero-order valence-corrected chi connectivity index (χ0v) is 12.5. The van der Waals surface area contributed by atoms with Crippen molar-refractivity contribution in [3.63, 3.8) is 0 Å². The predicted molar refractivity (Wildman–Crippen MR) is 82.6 cm³/mol. The molecular weight excluding hydrogens is 280 g/mol. The van der Waals surface area contributed by atoms with Crippen LogP contribution in [0, 0.1) is 0 Å². The number of ether oxygens (including phenoxy) is 1. The van der Waals surface area contributed by atoms with Crippen LogP contribution in [0.1, 0.15) is 40.4 Å². The highest BCUT2D eigenvalue weighted by molar-refractivity contribution is 6.02. The number of ketones is 1. The van der Waals surface area contributed by atoms with Crippen molar-refractivity contribution in [2.75, 3.05) is 7.11 Å². The topological polar surface area (TPSA) is 63.6 Å². The molecule has 0 radical (unpaired) electrons. The lowest BCUT2D eigenvalue weighted by molar-refractivity contribution is -0.142. The summed E-state index contributed by atoms with van der Waals surface area (Å²) in [4.78, 5) is 24.3. The first kappa shape index (κ1) is 15.9. The monoisotopic (exact) mass is 298 g/mol. The molecule has 0 fully saturated rings. The van der Waals surface area contributed by atoms with Crippen molar-refractivity contribution in [2.24, 2.45) is 0 Å². The summed E-state index contributed by atoms with van der Waals surface area (Å²) >= 11 is 0. The molecule has 114 valence electrons. The molecule has 2 atom stereocenters. The minimum absolute atomic E-state index is 0.330. The van der Waals surface area contributed by atoms with E-state index in [-0.39, 0.29) is 0 Å². The van der Waals surface area contributed by atoms with E-state index in [0.29, 0.717) is 16.7 Å².